The topological polar surface area (TPSA) is 54.5 Å². The van der Waals surface area contributed by atoms with Gasteiger partial charge in [-0.1, -0.05) is 17.8 Å². The van der Waals surface area contributed by atoms with Crippen LogP contribution in [-0.2, 0) is 9.53 Å². The third-order valence-electron chi connectivity index (χ3n) is 2.89. The highest BCUT2D eigenvalue weighted by molar-refractivity contribution is 8.00. The largest absolute Gasteiger partial charge is 0.379 e. The Bertz CT molecular complexity index is 396. The van der Waals surface area contributed by atoms with Gasteiger partial charge in [0.05, 0.1) is 30.2 Å². The van der Waals surface area contributed by atoms with Crippen molar-refractivity contribution in [3.8, 4) is 0 Å². The minimum Gasteiger partial charge on any atom is -0.379 e. The minimum atomic E-state index is -0.143. The SMILES string of the molecule is CC(Sc1ccccn1)C(=O)NCN1CCOCC1. The first-order valence-electron chi connectivity index (χ1n) is 6.41. The van der Waals surface area contributed by atoms with Crippen LogP contribution in [0.4, 0.5) is 0 Å². The molecule has 5 nitrogen and oxygen atoms in total. The Morgan fingerprint density at radius 3 is 3.00 bits per heavy atom. The van der Waals surface area contributed by atoms with Gasteiger partial charge >= 0.3 is 0 Å². The molecule has 1 aromatic rings. The van der Waals surface area contributed by atoms with Gasteiger partial charge in [-0.15, -0.1) is 0 Å². The number of pyridine rings is 1. The van der Waals surface area contributed by atoms with Crippen LogP contribution in [0, 0.1) is 0 Å². The van der Waals surface area contributed by atoms with Gasteiger partial charge in [0.1, 0.15) is 0 Å². The summed E-state index contributed by atoms with van der Waals surface area (Å²) in [5.74, 6) is 0.0437. The van der Waals surface area contributed by atoms with Crippen LogP contribution < -0.4 is 5.32 Å². The van der Waals surface area contributed by atoms with E-state index in [1.165, 1.54) is 11.8 Å². The molecule has 1 aromatic heterocycles. The van der Waals surface area contributed by atoms with Gasteiger partial charge in [-0.05, 0) is 19.1 Å². The third-order valence-corrected chi connectivity index (χ3v) is 3.94. The Morgan fingerprint density at radius 2 is 2.32 bits per heavy atom. The lowest BCUT2D eigenvalue weighted by Crippen LogP contribution is -2.45. The number of hydrogen-bond donors (Lipinski definition) is 1. The summed E-state index contributed by atoms with van der Waals surface area (Å²) in [4.78, 5) is 18.4. The molecular weight excluding hydrogens is 262 g/mol. The molecule has 1 N–H and O–H groups in total. The Morgan fingerprint density at radius 1 is 1.53 bits per heavy atom. The summed E-state index contributed by atoms with van der Waals surface area (Å²) in [7, 11) is 0. The summed E-state index contributed by atoms with van der Waals surface area (Å²) < 4.78 is 5.27. The molecular formula is C13H19N3O2S. The molecule has 6 heteroatoms. The lowest BCUT2D eigenvalue weighted by molar-refractivity contribution is -0.121. The van der Waals surface area contributed by atoms with Gasteiger partial charge in [0, 0.05) is 19.3 Å². The number of morpholine rings is 1. The normalized spacial score (nSPS) is 17.9. The molecule has 0 radical (unpaired) electrons. The quantitative estimate of drug-likeness (QED) is 0.815. The highest BCUT2D eigenvalue weighted by Gasteiger charge is 2.16. The number of ether oxygens (including phenoxy) is 1. The number of carbonyl (C=O) groups excluding carboxylic acids is 1. The van der Waals surface area contributed by atoms with E-state index in [1.54, 1.807) is 6.20 Å². The zero-order valence-electron chi connectivity index (χ0n) is 11.0. The first-order valence-corrected chi connectivity index (χ1v) is 7.29. The van der Waals surface area contributed by atoms with E-state index in [0.717, 1.165) is 31.3 Å². The summed E-state index contributed by atoms with van der Waals surface area (Å²) >= 11 is 1.47. The fourth-order valence-corrected chi connectivity index (χ4v) is 2.58. The van der Waals surface area contributed by atoms with Crippen molar-refractivity contribution in [1.29, 1.82) is 0 Å². The summed E-state index contributed by atoms with van der Waals surface area (Å²) in [5.41, 5.74) is 0. The summed E-state index contributed by atoms with van der Waals surface area (Å²) in [6, 6.07) is 5.71. The van der Waals surface area contributed by atoms with Crippen molar-refractivity contribution in [3.63, 3.8) is 0 Å². The number of hydrogen-bond acceptors (Lipinski definition) is 5. The fourth-order valence-electron chi connectivity index (χ4n) is 1.74. The van der Waals surface area contributed by atoms with E-state index in [4.69, 9.17) is 4.74 Å². The van der Waals surface area contributed by atoms with E-state index in [-0.39, 0.29) is 11.2 Å². The zero-order valence-corrected chi connectivity index (χ0v) is 11.9. The van der Waals surface area contributed by atoms with Crippen molar-refractivity contribution in [2.75, 3.05) is 33.0 Å². The molecule has 104 valence electrons. The van der Waals surface area contributed by atoms with E-state index >= 15 is 0 Å². The molecule has 1 atom stereocenters. The highest BCUT2D eigenvalue weighted by Crippen LogP contribution is 2.20. The summed E-state index contributed by atoms with van der Waals surface area (Å²) in [5, 5.41) is 3.68. The number of amides is 1. The van der Waals surface area contributed by atoms with Crippen molar-refractivity contribution in [3.05, 3.63) is 24.4 Å². The Hall–Kier alpha value is -1.11. The van der Waals surface area contributed by atoms with Gasteiger partial charge < -0.3 is 10.1 Å². The smallest absolute Gasteiger partial charge is 0.234 e. The van der Waals surface area contributed by atoms with Crippen molar-refractivity contribution in [1.82, 2.24) is 15.2 Å². The molecule has 2 heterocycles. The van der Waals surface area contributed by atoms with E-state index < -0.39 is 0 Å². The van der Waals surface area contributed by atoms with Gasteiger partial charge in [0.2, 0.25) is 5.91 Å². The van der Waals surface area contributed by atoms with E-state index in [1.807, 2.05) is 25.1 Å². The van der Waals surface area contributed by atoms with E-state index in [0.29, 0.717) is 6.67 Å². The number of thioether (sulfide) groups is 1. The maximum absolute atomic E-state index is 12.0. The number of carbonyl (C=O) groups is 1. The average molecular weight is 281 g/mol. The van der Waals surface area contributed by atoms with Crippen molar-refractivity contribution < 1.29 is 9.53 Å². The van der Waals surface area contributed by atoms with Gasteiger partial charge in [-0.2, -0.15) is 0 Å². The fraction of sp³-hybridized carbons (Fsp3) is 0.538. The molecule has 1 aliphatic heterocycles. The number of rotatable bonds is 5. The second kappa shape index (κ2) is 7.47. The van der Waals surface area contributed by atoms with Crippen LogP contribution in [0.1, 0.15) is 6.92 Å². The van der Waals surface area contributed by atoms with Crippen LogP contribution in [0.15, 0.2) is 29.4 Å². The minimum absolute atomic E-state index is 0.0437. The number of nitrogens with zero attached hydrogens (tertiary/aromatic N) is 2. The Labute approximate surface area is 117 Å². The molecule has 0 saturated carbocycles. The Balaban J connectivity index is 1.73. The molecule has 2 rings (SSSR count). The molecule has 19 heavy (non-hydrogen) atoms. The third kappa shape index (κ3) is 4.81. The highest BCUT2D eigenvalue weighted by atomic mass is 32.2. The van der Waals surface area contributed by atoms with Crippen molar-refractivity contribution >= 4 is 17.7 Å². The summed E-state index contributed by atoms with van der Waals surface area (Å²) in [6.07, 6.45) is 1.74. The summed E-state index contributed by atoms with van der Waals surface area (Å²) in [6.45, 7) is 5.73. The van der Waals surface area contributed by atoms with Crippen LogP contribution in [0.25, 0.3) is 0 Å². The van der Waals surface area contributed by atoms with Crippen LogP contribution in [0.5, 0.6) is 0 Å². The van der Waals surface area contributed by atoms with Gasteiger partial charge in [-0.3, -0.25) is 9.69 Å². The molecule has 0 spiro atoms. The maximum Gasteiger partial charge on any atom is 0.234 e. The maximum atomic E-state index is 12.0. The lowest BCUT2D eigenvalue weighted by Gasteiger charge is -2.27. The van der Waals surface area contributed by atoms with Gasteiger partial charge in [0.15, 0.2) is 0 Å². The van der Waals surface area contributed by atoms with Crippen molar-refractivity contribution in [2.45, 2.75) is 17.2 Å². The first kappa shape index (κ1) is 14.3. The zero-order chi connectivity index (χ0) is 13.5. The molecule has 0 aliphatic carbocycles. The van der Waals surface area contributed by atoms with Crippen LogP contribution >= 0.6 is 11.8 Å². The average Bonchev–Trinajstić information content (AvgIpc) is 2.47. The predicted molar refractivity (Wildman–Crippen MR) is 75.0 cm³/mol. The monoisotopic (exact) mass is 281 g/mol. The lowest BCUT2D eigenvalue weighted by atomic mass is 10.4. The van der Waals surface area contributed by atoms with Crippen LogP contribution in [0.3, 0.4) is 0 Å². The van der Waals surface area contributed by atoms with Gasteiger partial charge in [0.25, 0.3) is 0 Å². The second-order valence-electron chi connectivity index (χ2n) is 4.36. The Kier molecular flexibility index (Phi) is 5.62. The second-order valence-corrected chi connectivity index (χ2v) is 5.72. The van der Waals surface area contributed by atoms with Gasteiger partial charge in [-0.25, -0.2) is 4.98 Å². The standard InChI is InChI=1S/C13H19N3O2S/c1-11(19-12-4-2-3-5-14-12)13(17)15-10-16-6-8-18-9-7-16/h2-5,11H,6-10H2,1H3,(H,15,17). The number of nitrogens with one attached hydrogen (secondary N) is 1. The molecule has 1 amide bonds. The van der Waals surface area contributed by atoms with E-state index in [9.17, 15) is 4.79 Å². The molecule has 1 saturated heterocycles. The molecule has 1 aliphatic rings. The molecule has 0 bridgehead atoms. The van der Waals surface area contributed by atoms with Crippen LogP contribution in [-0.4, -0.2) is 54.0 Å². The number of aromatic nitrogens is 1. The van der Waals surface area contributed by atoms with E-state index in [2.05, 4.69) is 15.2 Å². The molecule has 1 unspecified atom stereocenters. The molecule has 0 aromatic carbocycles. The molecule has 1 fully saturated rings. The van der Waals surface area contributed by atoms with Crippen molar-refractivity contribution in [2.24, 2.45) is 0 Å². The first-order chi connectivity index (χ1) is 9.25. The predicted octanol–water partition coefficient (Wildman–Crippen LogP) is 0.968. The van der Waals surface area contributed by atoms with Crippen LogP contribution in [0.2, 0.25) is 0 Å².